The average molecular weight is 380 g/mol. The summed E-state index contributed by atoms with van der Waals surface area (Å²) in [5, 5.41) is 9.68. The Balaban J connectivity index is 2.35. The molecular weight excluding hydrogens is 357 g/mol. The van der Waals surface area contributed by atoms with Crippen LogP contribution in [0.15, 0.2) is 0 Å². The van der Waals surface area contributed by atoms with E-state index in [2.05, 4.69) is 0 Å². The molecule has 0 bridgehead atoms. The van der Waals surface area contributed by atoms with Gasteiger partial charge in [-0.1, -0.05) is 0 Å². The lowest BCUT2D eigenvalue weighted by molar-refractivity contribution is -0.199. The summed E-state index contributed by atoms with van der Waals surface area (Å²) >= 11 is 0. The van der Waals surface area contributed by atoms with Crippen LogP contribution < -0.4 is 0 Å². The Morgan fingerprint density at radius 1 is 1.15 bits per heavy atom. The van der Waals surface area contributed by atoms with Crippen molar-refractivity contribution in [2.45, 2.75) is 69.9 Å². The van der Waals surface area contributed by atoms with E-state index in [1.54, 1.807) is 20.8 Å². The van der Waals surface area contributed by atoms with Gasteiger partial charge < -0.3 is 14.7 Å². The van der Waals surface area contributed by atoms with Gasteiger partial charge in [0.25, 0.3) is 5.91 Å². The van der Waals surface area contributed by atoms with Crippen molar-refractivity contribution < 1.29 is 37.4 Å². The van der Waals surface area contributed by atoms with Gasteiger partial charge >= 0.3 is 18.2 Å². The Hall–Kier alpha value is -1.84. The van der Waals surface area contributed by atoms with Crippen LogP contribution in [0.1, 0.15) is 46.5 Å². The van der Waals surface area contributed by atoms with Crippen LogP contribution in [0, 0.1) is 0 Å². The fraction of sp³-hybridized carbons (Fsp3) is 0.812. The van der Waals surface area contributed by atoms with E-state index in [1.807, 2.05) is 0 Å². The van der Waals surface area contributed by atoms with Gasteiger partial charge in [0.1, 0.15) is 11.1 Å². The molecule has 26 heavy (non-hydrogen) atoms. The van der Waals surface area contributed by atoms with Gasteiger partial charge in [-0.05, 0) is 46.5 Å². The van der Waals surface area contributed by atoms with Crippen LogP contribution in [0.3, 0.4) is 0 Å². The Morgan fingerprint density at radius 2 is 1.69 bits per heavy atom. The lowest BCUT2D eigenvalue weighted by atomic mass is 9.76. The Kier molecular flexibility index (Phi) is 5.29. The fourth-order valence-electron chi connectivity index (χ4n) is 3.39. The third-order valence-corrected chi connectivity index (χ3v) is 4.59. The number of nitrogens with zero attached hydrogens (tertiary/aromatic N) is 2. The molecule has 2 fully saturated rings. The van der Waals surface area contributed by atoms with Gasteiger partial charge in [0, 0.05) is 13.1 Å². The second kappa shape index (κ2) is 6.71. The van der Waals surface area contributed by atoms with E-state index in [0.29, 0.717) is 4.90 Å². The molecule has 1 heterocycles. The molecule has 0 aromatic heterocycles. The zero-order valence-electron chi connectivity index (χ0n) is 14.9. The molecule has 10 heteroatoms. The Bertz CT molecular complexity index is 592. The van der Waals surface area contributed by atoms with Crippen molar-refractivity contribution in [3.05, 3.63) is 0 Å². The molecular formula is C16H23F3N2O5. The van der Waals surface area contributed by atoms with Gasteiger partial charge in [-0.3, -0.25) is 9.59 Å². The van der Waals surface area contributed by atoms with Crippen molar-refractivity contribution in [3.63, 3.8) is 0 Å². The van der Waals surface area contributed by atoms with E-state index in [-0.39, 0.29) is 32.2 Å². The third-order valence-electron chi connectivity index (χ3n) is 4.59. The molecule has 0 radical (unpaired) electrons. The van der Waals surface area contributed by atoms with E-state index in [0.717, 1.165) is 4.90 Å². The molecule has 1 spiro atoms. The Morgan fingerprint density at radius 3 is 2.15 bits per heavy atom. The van der Waals surface area contributed by atoms with Gasteiger partial charge in [0.15, 0.2) is 0 Å². The van der Waals surface area contributed by atoms with E-state index in [4.69, 9.17) is 4.74 Å². The molecule has 1 aliphatic heterocycles. The Labute approximate surface area is 149 Å². The van der Waals surface area contributed by atoms with Crippen LogP contribution in [-0.4, -0.2) is 69.3 Å². The first-order valence-corrected chi connectivity index (χ1v) is 8.40. The summed E-state index contributed by atoms with van der Waals surface area (Å²) in [7, 11) is 0. The summed E-state index contributed by atoms with van der Waals surface area (Å²) in [4.78, 5) is 38.4. The number of halogens is 3. The zero-order chi connectivity index (χ0) is 19.9. The number of carbonyl (C=O) groups excluding carboxylic acids is 3. The van der Waals surface area contributed by atoms with Crippen LogP contribution in [0.2, 0.25) is 0 Å². The van der Waals surface area contributed by atoms with Crippen LogP contribution in [0.25, 0.3) is 0 Å². The molecule has 1 saturated heterocycles. The van der Waals surface area contributed by atoms with E-state index < -0.39 is 47.9 Å². The topological polar surface area (TPSA) is 87.2 Å². The normalized spacial score (nSPS) is 27.7. The lowest BCUT2D eigenvalue weighted by Gasteiger charge is -2.51. The van der Waals surface area contributed by atoms with Crippen molar-refractivity contribution >= 4 is 17.9 Å². The summed E-state index contributed by atoms with van der Waals surface area (Å²) < 4.78 is 44.1. The van der Waals surface area contributed by atoms with Gasteiger partial charge in [0.05, 0.1) is 6.10 Å². The van der Waals surface area contributed by atoms with Gasteiger partial charge in [-0.15, -0.1) is 0 Å². The van der Waals surface area contributed by atoms with Crippen LogP contribution in [-0.2, 0) is 14.3 Å². The molecule has 0 atom stereocenters. The number of aliphatic hydroxyl groups is 1. The number of aliphatic hydroxyl groups excluding tert-OH is 1. The fourth-order valence-corrected chi connectivity index (χ4v) is 3.39. The predicted molar refractivity (Wildman–Crippen MR) is 82.9 cm³/mol. The van der Waals surface area contributed by atoms with E-state index >= 15 is 0 Å². The average Bonchev–Trinajstić information content (AvgIpc) is 2.49. The van der Waals surface area contributed by atoms with Crippen molar-refractivity contribution in [2.75, 3.05) is 13.1 Å². The standard InChI is InChI=1S/C16H23F3N2O5/c1-14(2,3)26-13(25)20-8-9-21(12(24)16(17,18)19)15(11(20)23)6-4-10(22)5-7-15/h10,22H,4-9H2,1-3H3. The van der Waals surface area contributed by atoms with Gasteiger partial charge in [0.2, 0.25) is 0 Å². The number of hydrogen-bond donors (Lipinski definition) is 1. The summed E-state index contributed by atoms with van der Waals surface area (Å²) in [6.07, 6.45) is -7.00. The highest BCUT2D eigenvalue weighted by Crippen LogP contribution is 2.40. The SMILES string of the molecule is CC(C)(C)OC(=O)N1CCN(C(=O)C(F)(F)F)C2(CCC(O)CC2)C1=O. The summed E-state index contributed by atoms with van der Waals surface area (Å²) in [6, 6.07) is 0. The highest BCUT2D eigenvalue weighted by atomic mass is 19.4. The molecule has 7 nitrogen and oxygen atoms in total. The number of carbonyl (C=O) groups is 3. The number of imide groups is 1. The van der Waals surface area contributed by atoms with Crippen LogP contribution >= 0.6 is 0 Å². The molecule has 148 valence electrons. The van der Waals surface area contributed by atoms with Crippen molar-refractivity contribution in [1.82, 2.24) is 9.80 Å². The van der Waals surface area contributed by atoms with E-state index in [1.165, 1.54) is 0 Å². The summed E-state index contributed by atoms with van der Waals surface area (Å²) in [5.74, 6) is -2.99. The summed E-state index contributed by atoms with van der Waals surface area (Å²) in [5.41, 5.74) is -2.67. The lowest BCUT2D eigenvalue weighted by Crippen LogP contribution is -2.70. The number of amides is 3. The minimum atomic E-state index is -5.13. The molecule has 2 aliphatic rings. The molecule has 3 amide bonds. The van der Waals surface area contributed by atoms with Gasteiger partial charge in [-0.25, -0.2) is 9.69 Å². The molecule has 1 saturated carbocycles. The number of hydrogen-bond acceptors (Lipinski definition) is 5. The first-order chi connectivity index (χ1) is 11.8. The van der Waals surface area contributed by atoms with Crippen LogP contribution in [0.5, 0.6) is 0 Å². The largest absolute Gasteiger partial charge is 0.471 e. The van der Waals surface area contributed by atoms with Crippen LogP contribution in [0.4, 0.5) is 18.0 Å². The number of piperazine rings is 1. The third kappa shape index (κ3) is 3.94. The number of alkyl halides is 3. The summed E-state index contributed by atoms with van der Waals surface area (Å²) in [6.45, 7) is 4.00. The molecule has 0 unspecified atom stereocenters. The van der Waals surface area contributed by atoms with Crippen molar-refractivity contribution in [1.29, 1.82) is 0 Å². The zero-order valence-corrected chi connectivity index (χ0v) is 14.9. The second-order valence-electron chi connectivity index (χ2n) is 7.65. The monoisotopic (exact) mass is 380 g/mol. The minimum Gasteiger partial charge on any atom is -0.443 e. The van der Waals surface area contributed by atoms with Gasteiger partial charge in [-0.2, -0.15) is 13.2 Å². The van der Waals surface area contributed by atoms with E-state index in [9.17, 15) is 32.7 Å². The minimum absolute atomic E-state index is 0.0650. The van der Waals surface area contributed by atoms with Crippen molar-refractivity contribution in [3.8, 4) is 0 Å². The number of rotatable bonds is 0. The highest BCUT2D eigenvalue weighted by molar-refractivity contribution is 6.01. The molecule has 0 aromatic rings. The molecule has 2 rings (SSSR count). The first kappa shape index (κ1) is 20.5. The highest BCUT2D eigenvalue weighted by Gasteiger charge is 2.58. The molecule has 1 aliphatic carbocycles. The maximum Gasteiger partial charge on any atom is 0.471 e. The first-order valence-electron chi connectivity index (χ1n) is 8.40. The molecule has 0 aromatic carbocycles. The van der Waals surface area contributed by atoms with Crippen molar-refractivity contribution in [2.24, 2.45) is 0 Å². The smallest absolute Gasteiger partial charge is 0.443 e. The number of ether oxygens (including phenoxy) is 1. The maximum atomic E-state index is 13.0. The molecule has 1 N–H and O–H groups in total. The quantitative estimate of drug-likeness (QED) is 0.693. The predicted octanol–water partition coefficient (Wildman–Crippen LogP) is 1.83. The second-order valence-corrected chi connectivity index (χ2v) is 7.65. The maximum absolute atomic E-state index is 13.0.